The highest BCUT2D eigenvalue weighted by Crippen LogP contribution is 2.16. The van der Waals surface area contributed by atoms with Crippen molar-refractivity contribution in [2.75, 3.05) is 0 Å². The number of carbonyl (C=O) groups is 1. The molecule has 0 aliphatic carbocycles. The highest BCUT2D eigenvalue weighted by Gasteiger charge is 2.15. The molecule has 2 aromatic heterocycles. The number of rotatable bonds is 2. The van der Waals surface area contributed by atoms with Crippen LogP contribution in [0.4, 0.5) is 0 Å². The second-order valence-electron chi connectivity index (χ2n) is 3.20. The van der Waals surface area contributed by atoms with E-state index in [2.05, 4.69) is 4.98 Å². The summed E-state index contributed by atoms with van der Waals surface area (Å²) in [5.41, 5.74) is 7.09. The van der Waals surface area contributed by atoms with Crippen molar-refractivity contribution in [3.8, 4) is 0 Å². The molecular weight excluding hydrogens is 214 g/mol. The van der Waals surface area contributed by atoms with Gasteiger partial charge in [-0.1, -0.05) is 18.5 Å². The molecule has 0 atom stereocenters. The summed E-state index contributed by atoms with van der Waals surface area (Å²) in [7, 11) is 0. The number of halogens is 1. The van der Waals surface area contributed by atoms with Crippen molar-refractivity contribution in [1.29, 1.82) is 0 Å². The van der Waals surface area contributed by atoms with E-state index in [-0.39, 0.29) is 0 Å². The Morgan fingerprint density at radius 2 is 2.40 bits per heavy atom. The lowest BCUT2D eigenvalue weighted by molar-refractivity contribution is 0.0994. The van der Waals surface area contributed by atoms with E-state index in [0.717, 1.165) is 0 Å². The van der Waals surface area contributed by atoms with Crippen molar-refractivity contribution in [3.05, 3.63) is 34.7 Å². The summed E-state index contributed by atoms with van der Waals surface area (Å²) >= 11 is 5.83. The maximum Gasteiger partial charge on any atom is 0.267 e. The molecule has 0 aliphatic heterocycles. The van der Waals surface area contributed by atoms with E-state index >= 15 is 0 Å². The molecule has 2 aromatic rings. The normalized spacial score (nSPS) is 10.8. The number of fused-ring (bicyclic) bond motifs is 1. The lowest BCUT2D eigenvalue weighted by Crippen LogP contribution is -2.15. The Morgan fingerprint density at radius 3 is 3.00 bits per heavy atom. The molecule has 1 amide bonds. The smallest absolute Gasteiger partial charge is 0.267 e. The highest BCUT2D eigenvalue weighted by atomic mass is 35.5. The number of imidazole rings is 1. The number of nitrogens with two attached hydrogens (primary N) is 1. The molecule has 0 fully saturated rings. The SMILES string of the molecule is CCc1nc2cc(Cl)ccn2c1C(N)=O. The summed E-state index contributed by atoms with van der Waals surface area (Å²) < 4.78 is 1.66. The summed E-state index contributed by atoms with van der Waals surface area (Å²) in [6.07, 6.45) is 2.36. The number of hydrogen-bond donors (Lipinski definition) is 1. The number of primary amides is 1. The van der Waals surface area contributed by atoms with Crippen molar-refractivity contribution in [3.63, 3.8) is 0 Å². The van der Waals surface area contributed by atoms with Crippen LogP contribution in [-0.4, -0.2) is 15.3 Å². The zero-order valence-electron chi connectivity index (χ0n) is 8.20. The van der Waals surface area contributed by atoms with Gasteiger partial charge in [0.05, 0.1) is 5.69 Å². The van der Waals surface area contributed by atoms with Gasteiger partial charge in [0.25, 0.3) is 5.91 Å². The molecule has 2 rings (SSSR count). The van der Waals surface area contributed by atoms with Crippen LogP contribution < -0.4 is 5.73 Å². The van der Waals surface area contributed by atoms with Gasteiger partial charge in [0, 0.05) is 17.3 Å². The van der Waals surface area contributed by atoms with Crippen LogP contribution in [0.2, 0.25) is 5.02 Å². The van der Waals surface area contributed by atoms with Gasteiger partial charge < -0.3 is 5.73 Å². The number of carbonyl (C=O) groups excluding carboxylic acids is 1. The molecule has 4 nitrogen and oxygen atoms in total. The molecule has 2 N–H and O–H groups in total. The third kappa shape index (κ3) is 1.57. The molecule has 0 saturated heterocycles. The second-order valence-corrected chi connectivity index (χ2v) is 3.63. The maximum atomic E-state index is 11.3. The Labute approximate surface area is 91.7 Å². The van der Waals surface area contributed by atoms with Crippen LogP contribution in [0.5, 0.6) is 0 Å². The van der Waals surface area contributed by atoms with E-state index in [0.29, 0.717) is 28.5 Å². The first-order valence-electron chi connectivity index (χ1n) is 4.59. The molecule has 0 aliphatic rings. The van der Waals surface area contributed by atoms with E-state index in [1.54, 1.807) is 22.7 Å². The topological polar surface area (TPSA) is 60.4 Å². The zero-order chi connectivity index (χ0) is 11.0. The minimum atomic E-state index is -0.471. The van der Waals surface area contributed by atoms with Gasteiger partial charge in [0.15, 0.2) is 0 Å². The predicted octanol–water partition coefficient (Wildman–Crippen LogP) is 1.65. The summed E-state index contributed by atoms with van der Waals surface area (Å²) in [6.45, 7) is 1.93. The maximum absolute atomic E-state index is 11.3. The van der Waals surface area contributed by atoms with Crippen molar-refractivity contribution in [1.82, 2.24) is 9.38 Å². The van der Waals surface area contributed by atoms with Crippen LogP contribution in [-0.2, 0) is 6.42 Å². The van der Waals surface area contributed by atoms with E-state index in [9.17, 15) is 4.79 Å². The first-order chi connectivity index (χ1) is 7.13. The van der Waals surface area contributed by atoms with Crippen molar-refractivity contribution >= 4 is 23.2 Å². The molecule has 0 aromatic carbocycles. The number of amides is 1. The Balaban J connectivity index is 2.80. The van der Waals surface area contributed by atoms with E-state index < -0.39 is 5.91 Å². The van der Waals surface area contributed by atoms with Crippen LogP contribution in [0.25, 0.3) is 5.65 Å². The molecule has 2 heterocycles. The number of pyridine rings is 1. The summed E-state index contributed by atoms with van der Waals surface area (Å²) in [6, 6.07) is 3.40. The molecule has 15 heavy (non-hydrogen) atoms. The lowest BCUT2D eigenvalue weighted by atomic mass is 10.2. The first-order valence-corrected chi connectivity index (χ1v) is 4.97. The Bertz CT molecular complexity index is 533. The Kier molecular flexibility index (Phi) is 2.36. The molecule has 5 heteroatoms. The molecular formula is C10H10ClN3O. The highest BCUT2D eigenvalue weighted by molar-refractivity contribution is 6.30. The fraction of sp³-hybridized carbons (Fsp3) is 0.200. The minimum absolute atomic E-state index is 0.434. The number of nitrogens with zero attached hydrogens (tertiary/aromatic N) is 2. The first kappa shape index (κ1) is 9.98. The summed E-state index contributed by atoms with van der Waals surface area (Å²) in [5, 5.41) is 0.589. The van der Waals surface area contributed by atoms with Gasteiger partial charge in [0.1, 0.15) is 11.3 Å². The van der Waals surface area contributed by atoms with Gasteiger partial charge in [-0.15, -0.1) is 0 Å². The average Bonchev–Trinajstić information content (AvgIpc) is 2.54. The molecule has 0 radical (unpaired) electrons. The van der Waals surface area contributed by atoms with Gasteiger partial charge in [0.2, 0.25) is 0 Å². The third-order valence-corrected chi connectivity index (χ3v) is 2.46. The molecule has 0 saturated carbocycles. The quantitative estimate of drug-likeness (QED) is 0.842. The van der Waals surface area contributed by atoms with Crippen LogP contribution in [0.15, 0.2) is 18.3 Å². The van der Waals surface area contributed by atoms with Crippen LogP contribution in [0, 0.1) is 0 Å². The van der Waals surface area contributed by atoms with Gasteiger partial charge >= 0.3 is 0 Å². The van der Waals surface area contributed by atoms with Gasteiger partial charge in [-0.3, -0.25) is 9.20 Å². The largest absolute Gasteiger partial charge is 0.364 e. The Morgan fingerprint density at radius 1 is 1.67 bits per heavy atom. The van der Waals surface area contributed by atoms with E-state index in [1.165, 1.54) is 0 Å². The zero-order valence-corrected chi connectivity index (χ0v) is 8.95. The van der Waals surface area contributed by atoms with Crippen molar-refractivity contribution in [2.24, 2.45) is 5.73 Å². The van der Waals surface area contributed by atoms with E-state index in [4.69, 9.17) is 17.3 Å². The van der Waals surface area contributed by atoms with Crippen molar-refractivity contribution < 1.29 is 4.79 Å². The predicted molar refractivity (Wildman–Crippen MR) is 58.1 cm³/mol. The summed E-state index contributed by atoms with van der Waals surface area (Å²) in [4.78, 5) is 15.6. The van der Waals surface area contributed by atoms with Gasteiger partial charge in [-0.2, -0.15) is 0 Å². The molecule has 0 spiro atoms. The average molecular weight is 224 g/mol. The number of hydrogen-bond acceptors (Lipinski definition) is 2. The monoisotopic (exact) mass is 223 g/mol. The van der Waals surface area contributed by atoms with Gasteiger partial charge in [-0.05, 0) is 12.5 Å². The van der Waals surface area contributed by atoms with Crippen LogP contribution in [0.1, 0.15) is 23.1 Å². The molecule has 78 valence electrons. The van der Waals surface area contributed by atoms with Crippen molar-refractivity contribution in [2.45, 2.75) is 13.3 Å². The summed E-state index contributed by atoms with van der Waals surface area (Å²) in [5.74, 6) is -0.471. The lowest BCUT2D eigenvalue weighted by Gasteiger charge is -1.98. The molecule has 0 unspecified atom stereocenters. The number of aromatic nitrogens is 2. The standard InChI is InChI=1S/C10H10ClN3O/c1-2-7-9(10(12)15)14-4-3-6(11)5-8(14)13-7/h3-5H,2H2,1H3,(H2,12,15). The second kappa shape index (κ2) is 3.55. The minimum Gasteiger partial charge on any atom is -0.364 e. The van der Waals surface area contributed by atoms with Crippen LogP contribution >= 0.6 is 11.6 Å². The third-order valence-electron chi connectivity index (χ3n) is 2.23. The molecule has 0 bridgehead atoms. The van der Waals surface area contributed by atoms with Crippen LogP contribution in [0.3, 0.4) is 0 Å². The van der Waals surface area contributed by atoms with Gasteiger partial charge in [-0.25, -0.2) is 4.98 Å². The van der Waals surface area contributed by atoms with E-state index in [1.807, 2.05) is 6.92 Å². The fourth-order valence-electron chi connectivity index (χ4n) is 1.58. The number of aryl methyl sites for hydroxylation is 1. The Hall–Kier alpha value is -1.55. The fourth-order valence-corrected chi connectivity index (χ4v) is 1.73.